The van der Waals surface area contributed by atoms with E-state index in [4.69, 9.17) is 0 Å². The van der Waals surface area contributed by atoms with E-state index in [9.17, 15) is 18.8 Å². The van der Waals surface area contributed by atoms with Crippen LogP contribution in [0.3, 0.4) is 0 Å². The van der Waals surface area contributed by atoms with Crippen LogP contribution in [0.1, 0.15) is 10.4 Å². The number of hydrogen-bond acceptors (Lipinski definition) is 5. The smallest absolute Gasteiger partial charge is 0.240 e. The molecule has 5 rings (SSSR count). The third-order valence-electron chi connectivity index (χ3n) is 5.71. The van der Waals surface area contributed by atoms with E-state index in [1.807, 2.05) is 0 Å². The number of amides is 2. The lowest BCUT2D eigenvalue weighted by molar-refractivity contribution is -0.123. The van der Waals surface area contributed by atoms with Crippen LogP contribution >= 0.6 is 0 Å². The second kappa shape index (κ2) is 6.48. The molecular formula is C22H16FN3O3. The maximum absolute atomic E-state index is 14.4. The van der Waals surface area contributed by atoms with Crippen LogP contribution in [-0.4, -0.2) is 40.9 Å². The number of imide groups is 1. The van der Waals surface area contributed by atoms with Gasteiger partial charge in [0.05, 0.1) is 23.6 Å². The Balaban J connectivity index is 1.61. The van der Waals surface area contributed by atoms with Crippen LogP contribution in [0.4, 0.5) is 10.1 Å². The zero-order valence-corrected chi connectivity index (χ0v) is 15.2. The topological polar surface area (TPSA) is 70.0 Å². The number of rotatable bonds is 3. The molecule has 0 N–H and O–H groups in total. The van der Waals surface area contributed by atoms with E-state index in [1.165, 1.54) is 24.4 Å². The Morgan fingerprint density at radius 2 is 1.62 bits per heavy atom. The summed E-state index contributed by atoms with van der Waals surface area (Å²) in [5.74, 6) is -3.75. The Morgan fingerprint density at radius 3 is 2.38 bits per heavy atom. The summed E-state index contributed by atoms with van der Waals surface area (Å²) < 4.78 is 14.4. The van der Waals surface area contributed by atoms with Crippen molar-refractivity contribution < 1.29 is 18.8 Å². The van der Waals surface area contributed by atoms with Crippen molar-refractivity contribution in [3.05, 3.63) is 78.1 Å². The number of hydrogen-bond donors (Lipinski definition) is 0. The van der Waals surface area contributed by atoms with Gasteiger partial charge in [-0.05, 0) is 18.2 Å². The molecule has 2 amide bonds. The van der Waals surface area contributed by atoms with Crippen molar-refractivity contribution in [3.63, 3.8) is 0 Å². The van der Waals surface area contributed by atoms with Gasteiger partial charge in [0.2, 0.25) is 11.8 Å². The molecule has 3 heterocycles. The number of nitrogens with zero attached hydrogens (tertiary/aromatic N) is 3. The van der Waals surface area contributed by atoms with Crippen molar-refractivity contribution in [2.45, 2.75) is 12.1 Å². The third kappa shape index (κ3) is 2.47. The van der Waals surface area contributed by atoms with E-state index in [0.717, 1.165) is 4.90 Å². The fraction of sp³-hybridized carbons (Fsp3) is 0.182. The monoisotopic (exact) mass is 389 g/mol. The standard InChI is InChI=1S/C22H16FN3O3/c23-14-9-4-5-10-15(14)25-21(28)17-16-11-6-12-24-26(16)19(18(17)22(25)29)20(27)13-7-2-1-3-8-13/h1-12,16-19H/t16?,17-,18-,19+/m1/s1. The van der Waals surface area contributed by atoms with Crippen molar-refractivity contribution in [2.24, 2.45) is 16.9 Å². The second-order valence-electron chi connectivity index (χ2n) is 7.21. The Labute approximate surface area is 165 Å². The lowest BCUT2D eigenvalue weighted by Crippen LogP contribution is -2.46. The molecule has 7 heteroatoms. The van der Waals surface area contributed by atoms with Crippen molar-refractivity contribution >= 4 is 29.5 Å². The SMILES string of the molecule is O=C(c1ccccc1)[C@@H]1[C@@H]2C(=O)N(c3ccccc3F)C(=O)[C@@H]2C2C=CC=NN21. The molecule has 2 saturated heterocycles. The highest BCUT2D eigenvalue weighted by atomic mass is 19.1. The molecule has 29 heavy (non-hydrogen) atoms. The minimum Gasteiger partial charge on any atom is -0.292 e. The van der Waals surface area contributed by atoms with E-state index in [2.05, 4.69) is 5.10 Å². The number of fused-ring (bicyclic) bond motifs is 3. The molecule has 4 atom stereocenters. The summed E-state index contributed by atoms with van der Waals surface area (Å²) in [6.07, 6.45) is 4.99. The van der Waals surface area contributed by atoms with Gasteiger partial charge in [-0.3, -0.25) is 19.4 Å². The normalized spacial score (nSPS) is 27.3. The van der Waals surface area contributed by atoms with Crippen LogP contribution < -0.4 is 4.90 Å². The zero-order chi connectivity index (χ0) is 20.1. The summed E-state index contributed by atoms with van der Waals surface area (Å²) in [6.45, 7) is 0. The van der Waals surface area contributed by atoms with Crippen molar-refractivity contribution in [2.75, 3.05) is 4.90 Å². The van der Waals surface area contributed by atoms with E-state index < -0.39 is 41.6 Å². The number of ketones is 1. The molecule has 0 aromatic heterocycles. The average molecular weight is 389 g/mol. The fourth-order valence-corrected chi connectivity index (χ4v) is 4.48. The number of carbonyl (C=O) groups excluding carboxylic acids is 3. The van der Waals surface area contributed by atoms with Crippen LogP contribution in [0.15, 0.2) is 71.9 Å². The largest absolute Gasteiger partial charge is 0.292 e. The number of allylic oxidation sites excluding steroid dienone is 1. The highest BCUT2D eigenvalue weighted by Gasteiger charge is 2.64. The molecule has 3 aliphatic rings. The molecule has 0 radical (unpaired) electrons. The van der Waals surface area contributed by atoms with Crippen LogP contribution in [0.25, 0.3) is 0 Å². The zero-order valence-electron chi connectivity index (χ0n) is 15.2. The number of carbonyl (C=O) groups is 3. The number of Topliss-reactive ketones (excluding diaryl/α,β-unsaturated/α-hetero) is 1. The Hall–Kier alpha value is -3.61. The highest BCUT2D eigenvalue weighted by Crippen LogP contribution is 2.46. The summed E-state index contributed by atoms with van der Waals surface area (Å²) in [5, 5.41) is 5.83. The maximum Gasteiger partial charge on any atom is 0.240 e. The third-order valence-corrected chi connectivity index (χ3v) is 5.71. The van der Waals surface area contributed by atoms with Crippen molar-refractivity contribution in [3.8, 4) is 0 Å². The van der Waals surface area contributed by atoms with Gasteiger partial charge >= 0.3 is 0 Å². The fourth-order valence-electron chi connectivity index (χ4n) is 4.48. The van der Waals surface area contributed by atoms with Crippen LogP contribution in [-0.2, 0) is 9.59 Å². The first-order valence-electron chi connectivity index (χ1n) is 9.30. The Bertz CT molecular complexity index is 1080. The molecule has 144 valence electrons. The first kappa shape index (κ1) is 17.5. The average Bonchev–Trinajstić information content (AvgIpc) is 3.22. The van der Waals surface area contributed by atoms with Gasteiger partial charge in [-0.1, -0.05) is 48.5 Å². The van der Waals surface area contributed by atoms with Gasteiger partial charge in [-0.25, -0.2) is 9.29 Å². The molecule has 2 aromatic carbocycles. The minimum absolute atomic E-state index is 0.0855. The van der Waals surface area contributed by atoms with Crippen molar-refractivity contribution in [1.29, 1.82) is 0 Å². The molecule has 2 fully saturated rings. The molecule has 2 aromatic rings. The Kier molecular flexibility index (Phi) is 3.91. The van der Waals surface area contributed by atoms with Crippen molar-refractivity contribution in [1.82, 2.24) is 5.01 Å². The lowest BCUT2D eigenvalue weighted by Gasteiger charge is -2.30. The Morgan fingerprint density at radius 1 is 0.931 bits per heavy atom. The first-order valence-corrected chi connectivity index (χ1v) is 9.30. The van der Waals surface area contributed by atoms with Gasteiger partial charge < -0.3 is 0 Å². The van der Waals surface area contributed by atoms with E-state index in [-0.39, 0.29) is 11.5 Å². The number of anilines is 1. The quantitative estimate of drug-likeness (QED) is 0.597. The van der Waals surface area contributed by atoms with Gasteiger partial charge in [0.25, 0.3) is 0 Å². The van der Waals surface area contributed by atoms with Gasteiger partial charge in [-0.15, -0.1) is 0 Å². The van der Waals surface area contributed by atoms with E-state index >= 15 is 0 Å². The molecule has 0 aliphatic carbocycles. The molecule has 0 saturated carbocycles. The number of para-hydroxylation sites is 1. The first-order chi connectivity index (χ1) is 14.1. The summed E-state index contributed by atoms with van der Waals surface area (Å²) >= 11 is 0. The van der Waals surface area contributed by atoms with Gasteiger partial charge in [-0.2, -0.15) is 5.10 Å². The molecular weight excluding hydrogens is 373 g/mol. The van der Waals surface area contributed by atoms with E-state index in [1.54, 1.807) is 53.6 Å². The van der Waals surface area contributed by atoms with Gasteiger partial charge in [0.1, 0.15) is 11.9 Å². The second-order valence-corrected chi connectivity index (χ2v) is 7.21. The molecule has 3 aliphatic heterocycles. The molecule has 6 nitrogen and oxygen atoms in total. The summed E-state index contributed by atoms with van der Waals surface area (Å²) in [7, 11) is 0. The summed E-state index contributed by atoms with van der Waals surface area (Å²) in [5.41, 5.74) is 0.351. The van der Waals surface area contributed by atoms with Crippen LogP contribution in [0.2, 0.25) is 0 Å². The molecule has 0 bridgehead atoms. The molecule has 1 unspecified atom stereocenters. The number of benzene rings is 2. The predicted octanol–water partition coefficient (Wildman–Crippen LogP) is 2.42. The summed E-state index contributed by atoms with van der Waals surface area (Å²) in [4.78, 5) is 40.7. The van der Waals surface area contributed by atoms with Gasteiger partial charge in [0.15, 0.2) is 5.78 Å². The van der Waals surface area contributed by atoms with Gasteiger partial charge in [0, 0.05) is 11.8 Å². The number of hydrazone groups is 1. The number of halogens is 1. The highest BCUT2D eigenvalue weighted by molar-refractivity contribution is 6.24. The van der Waals surface area contributed by atoms with E-state index in [0.29, 0.717) is 5.56 Å². The lowest BCUT2D eigenvalue weighted by atomic mass is 9.86. The molecule has 0 spiro atoms. The maximum atomic E-state index is 14.4. The van der Waals surface area contributed by atoms with Crippen LogP contribution in [0.5, 0.6) is 0 Å². The minimum atomic E-state index is -0.931. The summed E-state index contributed by atoms with van der Waals surface area (Å²) in [6, 6.07) is 12.8. The van der Waals surface area contributed by atoms with Crippen LogP contribution in [0, 0.1) is 17.7 Å². The predicted molar refractivity (Wildman–Crippen MR) is 104 cm³/mol.